The highest BCUT2D eigenvalue weighted by molar-refractivity contribution is 5.88. The number of aryl methyl sites for hydroxylation is 1. The fourth-order valence-corrected chi connectivity index (χ4v) is 3.54. The fraction of sp³-hybridized carbons (Fsp3) is 0.407. The Morgan fingerprint density at radius 1 is 1.16 bits per heavy atom. The Kier molecular flexibility index (Phi) is 10.6. The van der Waals surface area contributed by atoms with Crippen LogP contribution in [0.3, 0.4) is 0 Å². The van der Waals surface area contributed by atoms with Crippen molar-refractivity contribution in [2.45, 2.75) is 65.3 Å². The van der Waals surface area contributed by atoms with E-state index >= 15 is 0 Å². The molecule has 0 bridgehead atoms. The van der Waals surface area contributed by atoms with Crippen molar-refractivity contribution in [2.24, 2.45) is 0 Å². The molecule has 1 heterocycles. The molecule has 0 unspecified atom stereocenters. The maximum Gasteiger partial charge on any atom is 0.244 e. The molecule has 2 aromatic rings. The zero-order valence-electron chi connectivity index (χ0n) is 19.4. The maximum absolute atomic E-state index is 12.4. The zero-order chi connectivity index (χ0) is 22.5. The first kappa shape index (κ1) is 24.4. The van der Waals surface area contributed by atoms with Crippen molar-refractivity contribution in [3.63, 3.8) is 0 Å². The van der Waals surface area contributed by atoms with Crippen LogP contribution in [-0.4, -0.2) is 24.0 Å². The summed E-state index contributed by atoms with van der Waals surface area (Å²) < 4.78 is 5.27. The monoisotopic (exact) mass is 420 g/mol. The number of methoxy groups -OCH3 is 1. The van der Waals surface area contributed by atoms with Gasteiger partial charge in [-0.1, -0.05) is 37.6 Å². The number of unbranched alkanes of at least 4 members (excludes halogenated alkanes) is 1. The summed E-state index contributed by atoms with van der Waals surface area (Å²) in [5, 5.41) is 3.08. The molecule has 0 aliphatic carbocycles. The molecular weight excluding hydrogens is 384 g/mol. The SMILES string of the molecule is CCCC/C(=C(C)\C=C\C(=O)N[C@H](C)CCCc1cccnc1)c1ccc(OC)cc1. The van der Waals surface area contributed by atoms with E-state index in [1.165, 1.54) is 16.7 Å². The standard InChI is InChI=1S/C27H36N2O2/c1-5-6-12-26(24-14-16-25(31-4)17-15-24)21(2)13-18-27(30)29-22(3)9-7-10-23-11-8-19-28-20-23/h8,11,13-20,22H,5-7,9-10,12H2,1-4H3,(H,29,30)/b18-13+,26-21+/t22-/m1/s1. The number of nitrogens with zero attached hydrogens (tertiary/aromatic N) is 1. The Balaban J connectivity index is 1.93. The Morgan fingerprint density at radius 3 is 2.58 bits per heavy atom. The van der Waals surface area contributed by atoms with Gasteiger partial charge in [-0.3, -0.25) is 9.78 Å². The first-order valence-corrected chi connectivity index (χ1v) is 11.2. The van der Waals surface area contributed by atoms with Crippen molar-refractivity contribution >= 4 is 11.5 Å². The molecule has 31 heavy (non-hydrogen) atoms. The van der Waals surface area contributed by atoms with E-state index in [1.807, 2.05) is 30.5 Å². The van der Waals surface area contributed by atoms with Gasteiger partial charge in [-0.15, -0.1) is 0 Å². The molecule has 0 aliphatic rings. The molecule has 0 saturated carbocycles. The van der Waals surface area contributed by atoms with Gasteiger partial charge in [0.05, 0.1) is 7.11 Å². The van der Waals surface area contributed by atoms with E-state index in [2.05, 4.69) is 49.3 Å². The van der Waals surface area contributed by atoms with Gasteiger partial charge in [0.25, 0.3) is 0 Å². The van der Waals surface area contributed by atoms with E-state index in [9.17, 15) is 4.79 Å². The molecule has 166 valence electrons. The lowest BCUT2D eigenvalue weighted by Crippen LogP contribution is -2.31. The number of amides is 1. The summed E-state index contributed by atoms with van der Waals surface area (Å²) in [5.41, 5.74) is 4.82. The van der Waals surface area contributed by atoms with Gasteiger partial charge in [0.15, 0.2) is 0 Å². The number of aromatic nitrogens is 1. The maximum atomic E-state index is 12.4. The molecule has 1 N–H and O–H groups in total. The molecule has 1 atom stereocenters. The molecular formula is C27H36N2O2. The summed E-state index contributed by atoms with van der Waals surface area (Å²) in [5.74, 6) is 0.807. The van der Waals surface area contributed by atoms with E-state index in [1.54, 1.807) is 19.4 Å². The van der Waals surface area contributed by atoms with Crippen molar-refractivity contribution in [3.8, 4) is 5.75 Å². The number of allylic oxidation sites excluding steroid dienone is 3. The molecule has 4 heteroatoms. The highest BCUT2D eigenvalue weighted by Gasteiger charge is 2.07. The van der Waals surface area contributed by atoms with Crippen LogP contribution in [0.25, 0.3) is 5.57 Å². The van der Waals surface area contributed by atoms with Crippen LogP contribution in [0.4, 0.5) is 0 Å². The topological polar surface area (TPSA) is 51.2 Å². The number of nitrogens with one attached hydrogen (secondary N) is 1. The van der Waals surface area contributed by atoms with Crippen LogP contribution in [0.5, 0.6) is 5.75 Å². The van der Waals surface area contributed by atoms with Crippen LogP contribution >= 0.6 is 0 Å². The van der Waals surface area contributed by atoms with Crippen molar-refractivity contribution in [1.29, 1.82) is 0 Å². The van der Waals surface area contributed by atoms with E-state index in [-0.39, 0.29) is 11.9 Å². The summed E-state index contributed by atoms with van der Waals surface area (Å²) in [6.07, 6.45) is 13.5. The Morgan fingerprint density at radius 2 is 1.94 bits per heavy atom. The number of benzene rings is 1. The number of ether oxygens (including phenoxy) is 1. The number of hydrogen-bond donors (Lipinski definition) is 1. The summed E-state index contributed by atoms with van der Waals surface area (Å²) in [4.78, 5) is 16.5. The number of hydrogen-bond acceptors (Lipinski definition) is 3. The van der Waals surface area contributed by atoms with Crippen LogP contribution in [0.1, 0.15) is 64.0 Å². The quantitative estimate of drug-likeness (QED) is 0.331. The Labute approximate surface area is 187 Å². The van der Waals surface area contributed by atoms with E-state index in [0.29, 0.717) is 0 Å². The Hall–Kier alpha value is -2.88. The number of rotatable bonds is 12. The second-order valence-corrected chi connectivity index (χ2v) is 7.99. The molecule has 0 saturated heterocycles. The Bertz CT molecular complexity index is 855. The van der Waals surface area contributed by atoms with E-state index < -0.39 is 0 Å². The van der Waals surface area contributed by atoms with Gasteiger partial charge in [-0.2, -0.15) is 0 Å². The van der Waals surface area contributed by atoms with Crippen LogP contribution < -0.4 is 10.1 Å². The van der Waals surface area contributed by atoms with Crippen molar-refractivity contribution < 1.29 is 9.53 Å². The zero-order valence-corrected chi connectivity index (χ0v) is 19.4. The van der Waals surface area contributed by atoms with E-state index in [0.717, 1.165) is 49.8 Å². The molecule has 2 rings (SSSR count). The van der Waals surface area contributed by atoms with Gasteiger partial charge in [-0.25, -0.2) is 0 Å². The summed E-state index contributed by atoms with van der Waals surface area (Å²) in [6, 6.07) is 12.3. The number of pyridine rings is 1. The first-order valence-electron chi connectivity index (χ1n) is 11.2. The van der Waals surface area contributed by atoms with Crippen molar-refractivity contribution in [1.82, 2.24) is 10.3 Å². The van der Waals surface area contributed by atoms with Crippen LogP contribution in [-0.2, 0) is 11.2 Å². The molecule has 4 nitrogen and oxygen atoms in total. The molecule has 0 spiro atoms. The number of carbonyl (C=O) groups is 1. The minimum atomic E-state index is -0.0437. The molecule has 0 aliphatic heterocycles. The lowest BCUT2D eigenvalue weighted by atomic mass is 9.95. The smallest absolute Gasteiger partial charge is 0.244 e. The molecule has 0 radical (unpaired) electrons. The third-order valence-electron chi connectivity index (χ3n) is 5.39. The van der Waals surface area contributed by atoms with Gasteiger partial charge in [0, 0.05) is 24.5 Å². The van der Waals surface area contributed by atoms with Gasteiger partial charge in [-0.05, 0) is 86.4 Å². The second kappa shape index (κ2) is 13.4. The predicted molar refractivity (Wildman–Crippen MR) is 129 cm³/mol. The fourth-order valence-electron chi connectivity index (χ4n) is 3.54. The third kappa shape index (κ3) is 8.79. The van der Waals surface area contributed by atoms with Crippen molar-refractivity contribution in [3.05, 3.63) is 77.6 Å². The number of carbonyl (C=O) groups excluding carboxylic acids is 1. The minimum Gasteiger partial charge on any atom is -0.497 e. The largest absolute Gasteiger partial charge is 0.497 e. The van der Waals surface area contributed by atoms with Gasteiger partial charge in [0.1, 0.15) is 5.75 Å². The lowest BCUT2D eigenvalue weighted by molar-refractivity contribution is -0.117. The van der Waals surface area contributed by atoms with Crippen LogP contribution in [0, 0.1) is 0 Å². The molecule has 1 amide bonds. The normalized spacial score (nSPS) is 13.0. The highest BCUT2D eigenvalue weighted by Crippen LogP contribution is 2.27. The van der Waals surface area contributed by atoms with Gasteiger partial charge >= 0.3 is 0 Å². The summed E-state index contributed by atoms with van der Waals surface area (Å²) in [7, 11) is 1.68. The van der Waals surface area contributed by atoms with E-state index in [4.69, 9.17) is 4.74 Å². The molecule has 1 aromatic carbocycles. The summed E-state index contributed by atoms with van der Waals surface area (Å²) >= 11 is 0. The van der Waals surface area contributed by atoms with Crippen LogP contribution in [0.2, 0.25) is 0 Å². The minimum absolute atomic E-state index is 0.0437. The van der Waals surface area contributed by atoms with Gasteiger partial charge < -0.3 is 10.1 Å². The van der Waals surface area contributed by atoms with Crippen LogP contribution in [0.15, 0.2) is 66.5 Å². The highest BCUT2D eigenvalue weighted by atomic mass is 16.5. The second-order valence-electron chi connectivity index (χ2n) is 7.99. The average Bonchev–Trinajstić information content (AvgIpc) is 2.79. The third-order valence-corrected chi connectivity index (χ3v) is 5.39. The lowest BCUT2D eigenvalue weighted by Gasteiger charge is -2.13. The average molecular weight is 421 g/mol. The van der Waals surface area contributed by atoms with Crippen molar-refractivity contribution in [2.75, 3.05) is 7.11 Å². The van der Waals surface area contributed by atoms with Gasteiger partial charge in [0.2, 0.25) is 5.91 Å². The first-order chi connectivity index (χ1) is 15.0. The molecule has 0 fully saturated rings. The molecule has 1 aromatic heterocycles. The summed E-state index contributed by atoms with van der Waals surface area (Å²) in [6.45, 7) is 6.33. The predicted octanol–water partition coefficient (Wildman–Crippen LogP) is 6.14.